The van der Waals surface area contributed by atoms with Gasteiger partial charge in [0.05, 0.1) is 10.9 Å². The number of hydrogen-bond donors (Lipinski definition) is 3. The topological polar surface area (TPSA) is 147 Å². The number of fused-ring (bicyclic) bond motifs is 6. The van der Waals surface area contributed by atoms with Crippen molar-refractivity contribution in [3.8, 4) is 16.9 Å². The number of carbonyl (C=O) groups is 2. The average molecular weight is 855 g/mol. The van der Waals surface area contributed by atoms with Crippen LogP contribution in [-0.4, -0.2) is 68.3 Å². The second kappa shape index (κ2) is 17.0. The number of alkyl carbamates (subject to hydrolysis) is 1. The lowest BCUT2D eigenvalue weighted by atomic mass is 9.94. The molecule has 8 rings (SSSR count). The van der Waals surface area contributed by atoms with E-state index in [-0.39, 0.29) is 42.8 Å². The zero-order valence-electron chi connectivity index (χ0n) is 36.1. The Morgan fingerprint density at radius 2 is 1.39 bits per heavy atom. The predicted molar refractivity (Wildman–Crippen MR) is 240 cm³/mol. The number of hydrogen-bond acceptors (Lipinski definition) is 6. The summed E-state index contributed by atoms with van der Waals surface area (Å²) in [4.78, 5) is 27.5. The van der Waals surface area contributed by atoms with Crippen LogP contribution in [0.5, 0.6) is 5.75 Å². The molecule has 322 valence electrons. The number of nitrogens with one attached hydrogen (secondary N) is 2. The number of aliphatic carboxylic acids is 1. The number of amides is 1. The minimum absolute atomic E-state index is 0.0514. The molecule has 0 unspecified atom stereocenters. The van der Waals surface area contributed by atoms with E-state index >= 15 is 0 Å². The number of benzene rings is 5. The van der Waals surface area contributed by atoms with E-state index in [2.05, 4.69) is 39.3 Å². The SMILES string of the molecule is Cc1c(C)c(S(=O)(=O)/N=C(\NC2c3ccccc3CCc3ccccc32)N(C)CCC[C@@H](NC(=O)OCC2c3ccccc3-c3ccccc32)C(=O)O)c(C)c2c1OC(C)(C)C2. The number of sulfonamides is 1. The van der Waals surface area contributed by atoms with Crippen molar-refractivity contribution < 1.29 is 32.6 Å². The number of nitrogens with zero attached hydrogens (tertiary/aromatic N) is 2. The number of ether oxygens (including phenoxy) is 2. The first-order chi connectivity index (χ1) is 29.6. The van der Waals surface area contributed by atoms with Crippen molar-refractivity contribution in [2.45, 2.75) is 95.2 Å². The van der Waals surface area contributed by atoms with Crippen LogP contribution in [0.2, 0.25) is 0 Å². The first-order valence-electron chi connectivity index (χ1n) is 21.3. The molecule has 0 spiro atoms. The van der Waals surface area contributed by atoms with Crippen LogP contribution in [0.25, 0.3) is 11.1 Å². The Bertz CT molecular complexity index is 2620. The van der Waals surface area contributed by atoms with Crippen LogP contribution in [0, 0.1) is 20.8 Å². The molecule has 3 N–H and O–H groups in total. The smallest absolute Gasteiger partial charge is 0.407 e. The molecule has 5 aromatic rings. The molecule has 0 bridgehead atoms. The van der Waals surface area contributed by atoms with Crippen molar-refractivity contribution in [1.29, 1.82) is 0 Å². The fourth-order valence-corrected chi connectivity index (χ4v) is 11.0. The Balaban J connectivity index is 1.04. The fraction of sp³-hybridized carbons (Fsp3) is 0.340. The maximum atomic E-state index is 14.8. The van der Waals surface area contributed by atoms with E-state index in [0.717, 1.165) is 74.2 Å². The number of rotatable bonds is 11. The van der Waals surface area contributed by atoms with Crippen molar-refractivity contribution in [3.63, 3.8) is 0 Å². The van der Waals surface area contributed by atoms with Crippen LogP contribution in [0.15, 0.2) is 106 Å². The molecule has 11 nitrogen and oxygen atoms in total. The summed E-state index contributed by atoms with van der Waals surface area (Å²) in [6, 6.07) is 30.7. The highest BCUT2D eigenvalue weighted by Crippen LogP contribution is 2.46. The lowest BCUT2D eigenvalue weighted by Gasteiger charge is -2.29. The van der Waals surface area contributed by atoms with Crippen LogP contribution in [0.3, 0.4) is 0 Å². The molecule has 12 heteroatoms. The van der Waals surface area contributed by atoms with Crippen molar-refractivity contribution in [2.75, 3.05) is 20.2 Å². The number of carbonyl (C=O) groups excluding carboxylic acids is 1. The van der Waals surface area contributed by atoms with Gasteiger partial charge in [0.15, 0.2) is 0 Å². The third-order valence-electron chi connectivity index (χ3n) is 12.7. The molecule has 0 radical (unpaired) electrons. The van der Waals surface area contributed by atoms with E-state index in [1.165, 1.54) is 0 Å². The number of aryl methyl sites for hydroxylation is 2. The zero-order valence-corrected chi connectivity index (χ0v) is 36.9. The maximum absolute atomic E-state index is 14.8. The van der Waals surface area contributed by atoms with Gasteiger partial charge in [-0.25, -0.2) is 9.59 Å². The average Bonchev–Trinajstić information content (AvgIpc) is 3.70. The summed E-state index contributed by atoms with van der Waals surface area (Å²) in [6.45, 7) is 9.77. The molecule has 62 heavy (non-hydrogen) atoms. The monoisotopic (exact) mass is 854 g/mol. The first kappa shape index (κ1) is 42.5. The number of guanidine groups is 1. The summed E-state index contributed by atoms with van der Waals surface area (Å²) in [7, 11) is -2.58. The van der Waals surface area contributed by atoms with E-state index in [4.69, 9.17) is 9.47 Å². The molecule has 0 saturated carbocycles. The van der Waals surface area contributed by atoms with Crippen LogP contribution in [-0.2, 0) is 38.8 Å². The van der Waals surface area contributed by atoms with Crippen LogP contribution >= 0.6 is 0 Å². The predicted octanol–water partition coefficient (Wildman–Crippen LogP) is 8.55. The van der Waals surface area contributed by atoms with Crippen LogP contribution < -0.4 is 15.4 Å². The molecule has 2 aliphatic carbocycles. The van der Waals surface area contributed by atoms with Crippen molar-refractivity contribution >= 4 is 28.0 Å². The van der Waals surface area contributed by atoms with Gasteiger partial charge in [0.1, 0.15) is 24.0 Å². The molecule has 0 fully saturated rings. The Hall–Kier alpha value is -6.14. The summed E-state index contributed by atoms with van der Waals surface area (Å²) in [5.74, 6) is -0.527. The van der Waals surface area contributed by atoms with Crippen molar-refractivity contribution in [1.82, 2.24) is 15.5 Å². The molecule has 1 atom stereocenters. The van der Waals surface area contributed by atoms with Gasteiger partial charge in [0, 0.05) is 31.5 Å². The summed E-state index contributed by atoms with van der Waals surface area (Å²) in [5, 5.41) is 16.3. The van der Waals surface area contributed by atoms with E-state index in [9.17, 15) is 23.1 Å². The third kappa shape index (κ3) is 8.27. The standard InChI is InChI=1S/C50H54N4O7S/c1-30-31(2)46(32(3)41-28-50(4,5)61-45(30)41)62(58,59)53-48(52-44-35-18-9-7-16-33(35)25-26-34-17-8-10-19-36(34)44)54(6)27-15-24-43(47(55)56)51-49(57)60-29-42-39-22-13-11-20-37(39)38-21-12-14-23-40(38)42/h7-14,16-23,42-44H,15,24-29H2,1-6H3,(H,51,57)(H,52,53)(H,55,56)/t43-/m1/s1. The highest BCUT2D eigenvalue weighted by atomic mass is 32.2. The Labute approximate surface area is 364 Å². The van der Waals surface area contributed by atoms with Gasteiger partial charge < -0.3 is 30.1 Å². The lowest BCUT2D eigenvalue weighted by Crippen LogP contribution is -2.44. The van der Waals surface area contributed by atoms with E-state index in [0.29, 0.717) is 17.5 Å². The van der Waals surface area contributed by atoms with Gasteiger partial charge >= 0.3 is 12.1 Å². The fourth-order valence-electron chi connectivity index (χ4n) is 9.48. The van der Waals surface area contributed by atoms with Gasteiger partial charge in [0.2, 0.25) is 5.96 Å². The minimum atomic E-state index is -4.32. The Kier molecular flexibility index (Phi) is 11.6. The normalized spacial score (nSPS) is 15.8. The Morgan fingerprint density at radius 3 is 1.97 bits per heavy atom. The maximum Gasteiger partial charge on any atom is 0.407 e. The molecule has 1 aliphatic heterocycles. The lowest BCUT2D eigenvalue weighted by molar-refractivity contribution is -0.139. The molecule has 0 saturated heterocycles. The summed E-state index contributed by atoms with van der Waals surface area (Å²) < 4.78 is 46.1. The van der Waals surface area contributed by atoms with Crippen LogP contribution in [0.1, 0.15) is 94.3 Å². The highest BCUT2D eigenvalue weighted by Gasteiger charge is 2.37. The van der Waals surface area contributed by atoms with Gasteiger partial charge in [-0.15, -0.1) is 4.40 Å². The second-order valence-corrected chi connectivity index (χ2v) is 18.9. The molecule has 5 aromatic carbocycles. The summed E-state index contributed by atoms with van der Waals surface area (Å²) in [5.41, 5.74) is 11.0. The zero-order chi connectivity index (χ0) is 43.9. The first-order valence-corrected chi connectivity index (χ1v) is 22.7. The molecular formula is C50H54N4O7S. The third-order valence-corrected chi connectivity index (χ3v) is 14.2. The molecule has 0 aromatic heterocycles. The molecule has 1 amide bonds. The van der Waals surface area contributed by atoms with E-state index < -0.39 is 39.8 Å². The number of carboxylic acid groups (broad SMARTS) is 1. The van der Waals surface area contributed by atoms with Gasteiger partial charge in [-0.1, -0.05) is 97.1 Å². The summed E-state index contributed by atoms with van der Waals surface area (Å²) >= 11 is 0. The number of carboxylic acids is 1. The van der Waals surface area contributed by atoms with Gasteiger partial charge in [-0.05, 0) is 121 Å². The minimum Gasteiger partial charge on any atom is -0.487 e. The molecular weight excluding hydrogens is 801 g/mol. The van der Waals surface area contributed by atoms with Crippen LogP contribution in [0.4, 0.5) is 4.79 Å². The summed E-state index contributed by atoms with van der Waals surface area (Å²) in [6.07, 6.45) is 1.72. The molecule has 1 heterocycles. The van der Waals surface area contributed by atoms with Crippen molar-refractivity contribution in [2.24, 2.45) is 4.40 Å². The second-order valence-electron chi connectivity index (χ2n) is 17.3. The largest absolute Gasteiger partial charge is 0.487 e. The van der Waals surface area contributed by atoms with Gasteiger partial charge in [-0.3, -0.25) is 0 Å². The van der Waals surface area contributed by atoms with Gasteiger partial charge in [0.25, 0.3) is 10.0 Å². The van der Waals surface area contributed by atoms with Crippen molar-refractivity contribution in [3.05, 3.63) is 153 Å². The highest BCUT2D eigenvalue weighted by molar-refractivity contribution is 7.90. The van der Waals surface area contributed by atoms with E-state index in [1.807, 2.05) is 100 Å². The van der Waals surface area contributed by atoms with E-state index in [1.54, 1.807) is 18.9 Å². The Morgan fingerprint density at radius 1 is 0.839 bits per heavy atom. The van der Waals surface area contributed by atoms with Gasteiger partial charge in [-0.2, -0.15) is 8.42 Å². The quantitative estimate of drug-likeness (QED) is 0.0879. The molecule has 3 aliphatic rings.